The highest BCUT2D eigenvalue weighted by Gasteiger charge is 2.41. The van der Waals surface area contributed by atoms with Gasteiger partial charge in [0.05, 0.1) is 5.75 Å². The van der Waals surface area contributed by atoms with E-state index in [0.29, 0.717) is 18.4 Å². The second kappa shape index (κ2) is 6.55. The van der Waals surface area contributed by atoms with Crippen LogP contribution in [0.1, 0.15) is 51.4 Å². The highest BCUT2D eigenvalue weighted by atomic mass is 32.2. The Hall–Kier alpha value is -0.130. The van der Waals surface area contributed by atoms with Crippen molar-refractivity contribution < 1.29 is 13.2 Å². The van der Waals surface area contributed by atoms with Gasteiger partial charge in [-0.25, -0.2) is 12.7 Å². The summed E-state index contributed by atoms with van der Waals surface area (Å²) < 4.78 is 31.3. The van der Waals surface area contributed by atoms with Crippen molar-refractivity contribution in [2.45, 2.75) is 51.4 Å². The third-order valence-corrected chi connectivity index (χ3v) is 6.61. The molecule has 1 heterocycles. The van der Waals surface area contributed by atoms with Gasteiger partial charge >= 0.3 is 0 Å². The Labute approximate surface area is 117 Å². The van der Waals surface area contributed by atoms with Crippen LogP contribution in [0.15, 0.2) is 0 Å². The van der Waals surface area contributed by atoms with Gasteiger partial charge < -0.3 is 4.74 Å². The Morgan fingerprint density at radius 2 is 1.79 bits per heavy atom. The average molecular weight is 289 g/mol. The standard InChI is InChI=1S/C14H27NO3S/c1-18-11-6-12-19(16,17)15-10-9-14(13-15)7-4-2-3-5-8-14/h2-13H2,1H3. The molecule has 0 aromatic carbocycles. The maximum Gasteiger partial charge on any atom is 0.214 e. The van der Waals surface area contributed by atoms with Crippen LogP contribution in [0.3, 0.4) is 0 Å². The van der Waals surface area contributed by atoms with E-state index in [1.807, 2.05) is 0 Å². The molecular formula is C14H27NO3S. The van der Waals surface area contributed by atoms with Gasteiger partial charge in [-0.1, -0.05) is 25.7 Å². The third kappa shape index (κ3) is 3.92. The number of methoxy groups -OCH3 is 1. The quantitative estimate of drug-likeness (QED) is 0.730. The lowest BCUT2D eigenvalue weighted by Gasteiger charge is -2.27. The van der Waals surface area contributed by atoms with Gasteiger partial charge in [0.1, 0.15) is 0 Å². The monoisotopic (exact) mass is 289 g/mol. The molecule has 0 atom stereocenters. The molecule has 2 rings (SSSR count). The zero-order chi connectivity index (χ0) is 13.8. The molecular weight excluding hydrogens is 262 g/mol. The third-order valence-electron chi connectivity index (χ3n) is 4.71. The van der Waals surface area contributed by atoms with Crippen molar-refractivity contribution in [2.24, 2.45) is 5.41 Å². The predicted molar refractivity (Wildman–Crippen MR) is 76.6 cm³/mol. The van der Waals surface area contributed by atoms with Crippen molar-refractivity contribution in [3.63, 3.8) is 0 Å². The van der Waals surface area contributed by atoms with Gasteiger partial charge in [0, 0.05) is 26.8 Å². The first-order valence-electron chi connectivity index (χ1n) is 7.55. The molecule has 1 saturated heterocycles. The summed E-state index contributed by atoms with van der Waals surface area (Å²) in [6, 6.07) is 0. The average Bonchev–Trinajstić information content (AvgIpc) is 2.65. The smallest absolute Gasteiger partial charge is 0.214 e. The van der Waals surface area contributed by atoms with Crippen molar-refractivity contribution in [2.75, 3.05) is 32.6 Å². The van der Waals surface area contributed by atoms with Crippen LogP contribution in [0, 0.1) is 5.41 Å². The fourth-order valence-electron chi connectivity index (χ4n) is 3.53. The fraction of sp³-hybridized carbons (Fsp3) is 1.00. The van der Waals surface area contributed by atoms with Gasteiger partial charge in [-0.3, -0.25) is 0 Å². The highest BCUT2D eigenvalue weighted by Crippen LogP contribution is 2.43. The molecule has 2 fully saturated rings. The molecule has 1 aliphatic heterocycles. The zero-order valence-electron chi connectivity index (χ0n) is 12.1. The Morgan fingerprint density at radius 3 is 2.42 bits per heavy atom. The summed E-state index contributed by atoms with van der Waals surface area (Å²) in [6.07, 6.45) is 9.30. The normalized spacial score (nSPS) is 24.7. The molecule has 0 N–H and O–H groups in total. The first-order valence-corrected chi connectivity index (χ1v) is 9.16. The van der Waals surface area contributed by atoms with E-state index >= 15 is 0 Å². The van der Waals surface area contributed by atoms with Gasteiger partial charge in [-0.15, -0.1) is 0 Å². The van der Waals surface area contributed by atoms with E-state index in [1.54, 1.807) is 11.4 Å². The van der Waals surface area contributed by atoms with Gasteiger partial charge in [0.15, 0.2) is 0 Å². The van der Waals surface area contributed by atoms with Gasteiger partial charge in [0.2, 0.25) is 10.0 Å². The predicted octanol–water partition coefficient (Wildman–Crippen LogP) is 2.40. The molecule has 1 spiro atoms. The SMILES string of the molecule is COCCCS(=O)(=O)N1CCC2(CCCCCC2)C1. The molecule has 19 heavy (non-hydrogen) atoms. The Bertz CT molecular complexity index is 372. The number of nitrogens with zero attached hydrogens (tertiary/aromatic N) is 1. The lowest BCUT2D eigenvalue weighted by atomic mass is 9.80. The Balaban J connectivity index is 1.92. The summed E-state index contributed by atoms with van der Waals surface area (Å²) in [6.45, 7) is 2.02. The second-order valence-electron chi connectivity index (χ2n) is 6.16. The molecule has 5 heteroatoms. The minimum atomic E-state index is -3.07. The van der Waals surface area contributed by atoms with E-state index < -0.39 is 10.0 Å². The van der Waals surface area contributed by atoms with Gasteiger partial charge in [-0.05, 0) is 31.1 Å². The molecule has 4 nitrogen and oxygen atoms in total. The van der Waals surface area contributed by atoms with Crippen LogP contribution in [0.25, 0.3) is 0 Å². The van der Waals surface area contributed by atoms with E-state index in [2.05, 4.69) is 0 Å². The lowest BCUT2D eigenvalue weighted by Crippen LogP contribution is -2.34. The molecule has 0 radical (unpaired) electrons. The maximum absolute atomic E-state index is 12.3. The van der Waals surface area contributed by atoms with Crippen LogP contribution in [0.2, 0.25) is 0 Å². The molecule has 0 bridgehead atoms. The van der Waals surface area contributed by atoms with E-state index in [1.165, 1.54) is 38.5 Å². The van der Waals surface area contributed by atoms with Crippen molar-refractivity contribution in [3.8, 4) is 0 Å². The topological polar surface area (TPSA) is 46.6 Å². The molecule has 0 amide bonds. The van der Waals surface area contributed by atoms with Gasteiger partial charge in [0.25, 0.3) is 0 Å². The molecule has 0 aromatic rings. The van der Waals surface area contributed by atoms with Crippen molar-refractivity contribution in [1.29, 1.82) is 0 Å². The first kappa shape index (κ1) is 15.3. The van der Waals surface area contributed by atoms with Crippen LogP contribution in [-0.2, 0) is 14.8 Å². The minimum Gasteiger partial charge on any atom is -0.385 e. The fourth-order valence-corrected chi connectivity index (χ4v) is 5.11. The van der Waals surface area contributed by atoms with Crippen LogP contribution >= 0.6 is 0 Å². The molecule has 0 unspecified atom stereocenters. The van der Waals surface area contributed by atoms with Crippen molar-refractivity contribution >= 4 is 10.0 Å². The minimum absolute atomic E-state index is 0.233. The Kier molecular flexibility index (Phi) is 5.26. The maximum atomic E-state index is 12.3. The lowest BCUT2D eigenvalue weighted by molar-refractivity contribution is 0.199. The van der Waals surface area contributed by atoms with Crippen LogP contribution < -0.4 is 0 Å². The summed E-state index contributed by atoms with van der Waals surface area (Å²) >= 11 is 0. The number of hydrogen-bond donors (Lipinski definition) is 0. The number of hydrogen-bond acceptors (Lipinski definition) is 3. The summed E-state index contributed by atoms with van der Waals surface area (Å²) in [7, 11) is -1.45. The first-order chi connectivity index (χ1) is 9.08. The summed E-state index contributed by atoms with van der Waals surface area (Å²) in [5, 5.41) is 0. The van der Waals surface area contributed by atoms with Crippen molar-refractivity contribution in [1.82, 2.24) is 4.31 Å². The largest absolute Gasteiger partial charge is 0.385 e. The van der Waals surface area contributed by atoms with E-state index in [0.717, 1.165) is 19.5 Å². The van der Waals surface area contributed by atoms with E-state index in [4.69, 9.17) is 4.74 Å². The molecule has 1 aliphatic carbocycles. The summed E-state index contributed by atoms with van der Waals surface area (Å²) in [4.78, 5) is 0. The van der Waals surface area contributed by atoms with E-state index in [9.17, 15) is 8.42 Å². The zero-order valence-corrected chi connectivity index (χ0v) is 12.9. The number of sulfonamides is 1. The molecule has 112 valence electrons. The van der Waals surface area contributed by atoms with Crippen LogP contribution in [-0.4, -0.2) is 45.3 Å². The van der Waals surface area contributed by atoms with Gasteiger partial charge in [-0.2, -0.15) is 0 Å². The summed E-state index contributed by atoms with van der Waals surface area (Å²) in [5.74, 6) is 0.233. The Morgan fingerprint density at radius 1 is 1.11 bits per heavy atom. The molecule has 1 saturated carbocycles. The summed E-state index contributed by atoms with van der Waals surface area (Å²) in [5.41, 5.74) is 0.296. The van der Waals surface area contributed by atoms with Crippen molar-refractivity contribution in [3.05, 3.63) is 0 Å². The van der Waals surface area contributed by atoms with E-state index in [-0.39, 0.29) is 5.75 Å². The molecule has 2 aliphatic rings. The molecule has 0 aromatic heterocycles. The number of ether oxygens (including phenoxy) is 1. The van der Waals surface area contributed by atoms with Crippen LogP contribution in [0.4, 0.5) is 0 Å². The highest BCUT2D eigenvalue weighted by molar-refractivity contribution is 7.89. The number of rotatable bonds is 5. The second-order valence-corrected chi connectivity index (χ2v) is 8.25. The van der Waals surface area contributed by atoms with Crippen LogP contribution in [0.5, 0.6) is 0 Å².